The lowest BCUT2D eigenvalue weighted by atomic mass is 10.1. The van der Waals surface area contributed by atoms with Gasteiger partial charge in [-0.2, -0.15) is 0 Å². The van der Waals surface area contributed by atoms with Gasteiger partial charge in [-0.15, -0.1) is 5.92 Å². The SMILES string of the molecule is CC#Cc1ccc(N2CCN(C[C@H](O)COc3ccc4c(c3)CC(=O)N4)CC2)cc1. The number of amides is 1. The fourth-order valence-electron chi connectivity index (χ4n) is 3.93. The van der Waals surface area contributed by atoms with Crippen LogP contribution in [0.5, 0.6) is 5.75 Å². The maximum atomic E-state index is 11.4. The van der Waals surface area contributed by atoms with E-state index in [4.69, 9.17) is 4.74 Å². The number of β-amino-alcohol motifs (C(OH)–C–C–N with tert-alkyl or cyclic N) is 1. The Morgan fingerprint density at radius 2 is 1.90 bits per heavy atom. The van der Waals surface area contributed by atoms with Crippen molar-refractivity contribution in [1.29, 1.82) is 0 Å². The molecule has 0 unspecified atom stereocenters. The minimum absolute atomic E-state index is 0.00639. The molecule has 1 saturated heterocycles. The number of nitrogens with zero attached hydrogens (tertiary/aromatic N) is 2. The molecule has 2 heterocycles. The van der Waals surface area contributed by atoms with Crippen molar-refractivity contribution >= 4 is 17.3 Å². The van der Waals surface area contributed by atoms with Crippen LogP contribution in [0.15, 0.2) is 42.5 Å². The van der Waals surface area contributed by atoms with Gasteiger partial charge in [-0.3, -0.25) is 9.69 Å². The summed E-state index contributed by atoms with van der Waals surface area (Å²) < 4.78 is 5.75. The van der Waals surface area contributed by atoms with Gasteiger partial charge in [-0.25, -0.2) is 0 Å². The number of carbonyl (C=O) groups excluding carboxylic acids is 1. The number of ether oxygens (including phenoxy) is 1. The summed E-state index contributed by atoms with van der Waals surface area (Å²) in [6.45, 7) is 6.33. The largest absolute Gasteiger partial charge is 0.491 e. The van der Waals surface area contributed by atoms with E-state index in [0.717, 1.165) is 43.0 Å². The van der Waals surface area contributed by atoms with E-state index in [9.17, 15) is 9.90 Å². The molecule has 4 rings (SSSR count). The van der Waals surface area contributed by atoms with Gasteiger partial charge in [0.2, 0.25) is 5.91 Å². The average molecular weight is 405 g/mol. The third kappa shape index (κ3) is 4.93. The minimum Gasteiger partial charge on any atom is -0.491 e. The van der Waals surface area contributed by atoms with Gasteiger partial charge in [0.25, 0.3) is 0 Å². The molecular formula is C24H27N3O3. The Bertz CT molecular complexity index is 954. The van der Waals surface area contributed by atoms with Crippen molar-refractivity contribution < 1.29 is 14.6 Å². The summed E-state index contributed by atoms with van der Waals surface area (Å²) in [5.74, 6) is 6.68. The lowest BCUT2D eigenvalue weighted by Gasteiger charge is -2.36. The molecule has 156 valence electrons. The molecule has 6 nitrogen and oxygen atoms in total. The minimum atomic E-state index is -0.559. The number of rotatable bonds is 6. The molecule has 30 heavy (non-hydrogen) atoms. The molecule has 1 fully saturated rings. The second-order valence-electron chi connectivity index (χ2n) is 7.72. The number of aliphatic hydroxyl groups excluding tert-OH is 1. The summed E-state index contributed by atoms with van der Waals surface area (Å²) in [4.78, 5) is 16.1. The van der Waals surface area contributed by atoms with Crippen molar-refractivity contribution in [2.45, 2.75) is 19.4 Å². The lowest BCUT2D eigenvalue weighted by molar-refractivity contribution is -0.115. The van der Waals surface area contributed by atoms with Crippen LogP contribution in [0.3, 0.4) is 0 Å². The zero-order chi connectivity index (χ0) is 20.9. The zero-order valence-corrected chi connectivity index (χ0v) is 17.2. The fraction of sp³-hybridized carbons (Fsp3) is 0.375. The number of anilines is 2. The summed E-state index contributed by atoms with van der Waals surface area (Å²) >= 11 is 0. The van der Waals surface area contributed by atoms with Crippen molar-refractivity contribution in [3.8, 4) is 17.6 Å². The number of fused-ring (bicyclic) bond motifs is 1. The number of carbonyl (C=O) groups is 1. The molecule has 0 aromatic heterocycles. The second kappa shape index (κ2) is 9.21. The maximum Gasteiger partial charge on any atom is 0.228 e. The van der Waals surface area contributed by atoms with Crippen molar-refractivity contribution in [3.63, 3.8) is 0 Å². The highest BCUT2D eigenvalue weighted by molar-refractivity contribution is 5.99. The molecule has 0 spiro atoms. The summed E-state index contributed by atoms with van der Waals surface area (Å²) in [5.41, 5.74) is 4.04. The van der Waals surface area contributed by atoms with Crippen LogP contribution in [0.25, 0.3) is 0 Å². The topological polar surface area (TPSA) is 65.0 Å². The number of hydrogen-bond donors (Lipinski definition) is 2. The number of hydrogen-bond acceptors (Lipinski definition) is 5. The van der Waals surface area contributed by atoms with Crippen LogP contribution < -0.4 is 15.0 Å². The van der Waals surface area contributed by atoms with Gasteiger partial charge in [-0.1, -0.05) is 5.92 Å². The molecule has 2 N–H and O–H groups in total. The van der Waals surface area contributed by atoms with Crippen molar-refractivity contribution in [2.75, 3.05) is 49.5 Å². The van der Waals surface area contributed by atoms with Crippen LogP contribution >= 0.6 is 0 Å². The number of piperazine rings is 1. The Hall–Kier alpha value is -3.01. The quantitative estimate of drug-likeness (QED) is 0.721. The first kappa shape index (κ1) is 20.3. The van der Waals surface area contributed by atoms with Gasteiger partial charge < -0.3 is 20.1 Å². The Labute approximate surface area is 177 Å². The van der Waals surface area contributed by atoms with Gasteiger partial charge in [0, 0.05) is 49.7 Å². The molecule has 2 aromatic carbocycles. The van der Waals surface area contributed by atoms with Crippen molar-refractivity contribution in [2.24, 2.45) is 0 Å². The molecule has 0 aliphatic carbocycles. The van der Waals surface area contributed by atoms with E-state index in [1.54, 1.807) is 0 Å². The standard InChI is InChI=1S/C24H27N3O3/c1-2-3-18-4-6-20(7-5-18)27-12-10-26(11-13-27)16-21(28)17-30-22-8-9-23-19(14-22)15-24(29)25-23/h4-9,14,21,28H,10-13,15-17H2,1H3,(H,25,29)/t21-/m0/s1. The highest BCUT2D eigenvalue weighted by atomic mass is 16.5. The monoisotopic (exact) mass is 405 g/mol. The Morgan fingerprint density at radius 3 is 2.63 bits per heavy atom. The summed E-state index contributed by atoms with van der Waals surface area (Å²) in [5, 5.41) is 13.2. The number of aliphatic hydroxyl groups is 1. The highest BCUT2D eigenvalue weighted by Crippen LogP contribution is 2.27. The predicted octanol–water partition coefficient (Wildman–Crippen LogP) is 2.11. The van der Waals surface area contributed by atoms with Gasteiger partial charge >= 0.3 is 0 Å². The van der Waals surface area contributed by atoms with Crippen molar-refractivity contribution in [3.05, 3.63) is 53.6 Å². The highest BCUT2D eigenvalue weighted by Gasteiger charge is 2.21. The number of benzene rings is 2. The number of nitrogens with one attached hydrogen (secondary N) is 1. The third-order valence-electron chi connectivity index (χ3n) is 5.49. The first-order valence-corrected chi connectivity index (χ1v) is 10.3. The van der Waals surface area contributed by atoms with Gasteiger partial charge in [0.1, 0.15) is 18.5 Å². The van der Waals surface area contributed by atoms with Crippen molar-refractivity contribution in [1.82, 2.24) is 4.90 Å². The van der Waals surface area contributed by atoms with E-state index in [0.29, 0.717) is 18.7 Å². The molecule has 1 amide bonds. The molecular weight excluding hydrogens is 378 g/mol. The van der Waals surface area contributed by atoms with E-state index in [2.05, 4.69) is 51.2 Å². The Morgan fingerprint density at radius 1 is 1.13 bits per heavy atom. The Balaban J connectivity index is 1.21. The lowest BCUT2D eigenvalue weighted by Crippen LogP contribution is -2.49. The van der Waals surface area contributed by atoms with Crippen LogP contribution in [0.1, 0.15) is 18.1 Å². The van der Waals surface area contributed by atoms with E-state index in [1.165, 1.54) is 5.69 Å². The Kier molecular flexibility index (Phi) is 6.22. The molecule has 1 atom stereocenters. The van der Waals surface area contributed by atoms with E-state index in [1.807, 2.05) is 25.1 Å². The van der Waals surface area contributed by atoms with E-state index >= 15 is 0 Å². The molecule has 2 aliphatic heterocycles. The first-order valence-electron chi connectivity index (χ1n) is 10.3. The third-order valence-corrected chi connectivity index (χ3v) is 5.49. The van der Waals surface area contributed by atoms with E-state index in [-0.39, 0.29) is 12.5 Å². The van der Waals surface area contributed by atoms with Gasteiger partial charge in [0.05, 0.1) is 6.42 Å². The molecule has 0 saturated carbocycles. The molecule has 2 aliphatic rings. The normalized spacial score (nSPS) is 17.0. The molecule has 2 aromatic rings. The summed E-state index contributed by atoms with van der Waals surface area (Å²) in [6, 6.07) is 13.9. The molecule has 0 bridgehead atoms. The summed E-state index contributed by atoms with van der Waals surface area (Å²) in [7, 11) is 0. The fourth-order valence-corrected chi connectivity index (χ4v) is 3.93. The van der Waals surface area contributed by atoms with Crippen LogP contribution in [-0.4, -0.2) is 61.3 Å². The van der Waals surface area contributed by atoms with Crippen LogP contribution in [0, 0.1) is 11.8 Å². The maximum absolute atomic E-state index is 11.4. The molecule has 6 heteroatoms. The van der Waals surface area contributed by atoms with Crippen LogP contribution in [-0.2, 0) is 11.2 Å². The zero-order valence-electron chi connectivity index (χ0n) is 17.2. The van der Waals surface area contributed by atoms with Crippen LogP contribution in [0.2, 0.25) is 0 Å². The molecule has 0 radical (unpaired) electrons. The average Bonchev–Trinajstić information content (AvgIpc) is 3.13. The predicted molar refractivity (Wildman–Crippen MR) is 118 cm³/mol. The van der Waals surface area contributed by atoms with Crippen LogP contribution in [0.4, 0.5) is 11.4 Å². The van der Waals surface area contributed by atoms with Gasteiger partial charge in [0.15, 0.2) is 0 Å². The smallest absolute Gasteiger partial charge is 0.228 e. The summed E-state index contributed by atoms with van der Waals surface area (Å²) in [6.07, 6.45) is -0.176. The van der Waals surface area contributed by atoms with E-state index < -0.39 is 6.10 Å². The van der Waals surface area contributed by atoms with Gasteiger partial charge in [-0.05, 0) is 55.0 Å². The second-order valence-corrected chi connectivity index (χ2v) is 7.72. The first-order chi connectivity index (χ1) is 14.6.